The molecule has 0 bridgehead atoms. The molecule has 0 aromatic rings. The molecule has 218 valence electrons. The van der Waals surface area contributed by atoms with Crippen molar-refractivity contribution in [2.75, 3.05) is 0 Å². The summed E-state index contributed by atoms with van der Waals surface area (Å²) >= 11 is 0. The minimum absolute atomic E-state index is 0.00852. The van der Waals surface area contributed by atoms with Crippen molar-refractivity contribution in [1.82, 2.24) is 0 Å². The normalized spacial score (nSPS) is 12.3. The predicted molar refractivity (Wildman–Crippen MR) is 158 cm³/mol. The molecule has 0 saturated carbocycles. The molecule has 1 unspecified atom stereocenters. The smallest absolute Gasteiger partial charge is 0.306 e. The van der Waals surface area contributed by atoms with Crippen LogP contribution in [-0.4, -0.2) is 23.1 Å². The second kappa shape index (κ2) is 29.2. The van der Waals surface area contributed by atoms with Crippen molar-refractivity contribution in [2.45, 2.75) is 187 Å². The number of allylic oxidation sites excluding steroid dienone is 2. The number of aliphatic carboxylic acids is 1. The highest BCUT2D eigenvalue weighted by molar-refractivity contribution is 5.69. The van der Waals surface area contributed by atoms with Gasteiger partial charge in [0.25, 0.3) is 0 Å². The molecule has 1 atom stereocenters. The van der Waals surface area contributed by atoms with Crippen LogP contribution in [0.1, 0.15) is 181 Å². The highest BCUT2D eigenvalue weighted by Crippen LogP contribution is 2.18. The summed E-state index contributed by atoms with van der Waals surface area (Å²) in [4.78, 5) is 23.0. The molecule has 0 rings (SSSR count). The maximum absolute atomic E-state index is 12.5. The van der Waals surface area contributed by atoms with Crippen LogP contribution in [0.5, 0.6) is 0 Å². The van der Waals surface area contributed by atoms with Gasteiger partial charge < -0.3 is 9.84 Å². The van der Waals surface area contributed by atoms with Crippen molar-refractivity contribution in [2.24, 2.45) is 0 Å². The van der Waals surface area contributed by atoms with Crippen LogP contribution in [0.15, 0.2) is 12.2 Å². The fourth-order valence-corrected chi connectivity index (χ4v) is 4.81. The number of carbonyl (C=O) groups is 2. The Hall–Kier alpha value is -1.32. The molecule has 37 heavy (non-hydrogen) atoms. The zero-order valence-corrected chi connectivity index (χ0v) is 24.8. The standard InChI is InChI=1S/C33H62O4/c1-3-5-7-9-10-11-12-13-14-18-22-26-30-33(36)37-31(27-23-19-8-6-4-2)28-24-20-16-15-17-21-25-29-32(34)35/h9-10,31H,3-8,11-30H2,1-2H3,(H,34,35)/b10-9-. The quantitative estimate of drug-likeness (QED) is 0.0602. The SMILES string of the molecule is CCCC/C=C\CCCCCCCCC(=O)OC(CCCCCCC)CCCCCCCCCC(=O)O. The van der Waals surface area contributed by atoms with E-state index in [0.29, 0.717) is 12.8 Å². The number of unbranched alkanes of at least 4 members (excludes halogenated alkanes) is 18. The average molecular weight is 523 g/mol. The van der Waals surface area contributed by atoms with Crippen molar-refractivity contribution in [3.8, 4) is 0 Å². The van der Waals surface area contributed by atoms with Gasteiger partial charge in [0, 0.05) is 12.8 Å². The molecule has 0 saturated heterocycles. The molecule has 0 spiro atoms. The lowest BCUT2D eigenvalue weighted by Gasteiger charge is -2.18. The second-order valence-electron chi connectivity index (χ2n) is 11.0. The number of carbonyl (C=O) groups excluding carboxylic acids is 1. The summed E-state index contributed by atoms with van der Waals surface area (Å²) in [5, 5.41) is 8.70. The number of esters is 1. The van der Waals surface area contributed by atoms with Crippen molar-refractivity contribution in [3.63, 3.8) is 0 Å². The molecule has 0 heterocycles. The van der Waals surface area contributed by atoms with E-state index in [2.05, 4.69) is 26.0 Å². The van der Waals surface area contributed by atoms with E-state index in [1.54, 1.807) is 0 Å². The molecule has 0 amide bonds. The van der Waals surface area contributed by atoms with Gasteiger partial charge in [-0.3, -0.25) is 9.59 Å². The number of carboxylic acids is 1. The molecular weight excluding hydrogens is 460 g/mol. The van der Waals surface area contributed by atoms with Crippen molar-refractivity contribution < 1.29 is 19.4 Å². The monoisotopic (exact) mass is 522 g/mol. The van der Waals surface area contributed by atoms with Crippen molar-refractivity contribution in [1.29, 1.82) is 0 Å². The number of carboxylic acid groups (broad SMARTS) is 1. The van der Waals surface area contributed by atoms with Gasteiger partial charge in [0.2, 0.25) is 0 Å². The van der Waals surface area contributed by atoms with E-state index in [0.717, 1.165) is 57.8 Å². The zero-order valence-electron chi connectivity index (χ0n) is 24.8. The van der Waals surface area contributed by atoms with Crippen LogP contribution in [-0.2, 0) is 14.3 Å². The molecule has 0 aromatic carbocycles. The lowest BCUT2D eigenvalue weighted by molar-refractivity contribution is -0.150. The lowest BCUT2D eigenvalue weighted by atomic mass is 10.0. The van der Waals surface area contributed by atoms with Gasteiger partial charge in [0.05, 0.1) is 0 Å². The first-order valence-corrected chi connectivity index (χ1v) is 16.2. The molecule has 0 aliphatic heterocycles. The van der Waals surface area contributed by atoms with E-state index >= 15 is 0 Å². The van der Waals surface area contributed by atoms with Crippen LogP contribution >= 0.6 is 0 Å². The minimum atomic E-state index is -0.688. The Kier molecular flexibility index (Phi) is 28.2. The first-order chi connectivity index (χ1) is 18.1. The predicted octanol–water partition coefficient (Wildman–Crippen LogP) is 10.7. The van der Waals surface area contributed by atoms with E-state index in [1.165, 1.54) is 96.3 Å². The Balaban J connectivity index is 3.94. The second-order valence-corrected chi connectivity index (χ2v) is 11.0. The Labute approximate surface area is 230 Å². The van der Waals surface area contributed by atoms with Gasteiger partial charge >= 0.3 is 11.9 Å². The van der Waals surface area contributed by atoms with Gasteiger partial charge in [-0.25, -0.2) is 0 Å². The molecule has 4 heteroatoms. The molecule has 0 radical (unpaired) electrons. The molecule has 4 nitrogen and oxygen atoms in total. The number of hydrogen-bond donors (Lipinski definition) is 1. The summed E-state index contributed by atoms with van der Waals surface area (Å²) in [6, 6.07) is 0. The third kappa shape index (κ3) is 29.1. The van der Waals surface area contributed by atoms with Crippen LogP contribution in [0.2, 0.25) is 0 Å². The summed E-state index contributed by atoms with van der Waals surface area (Å²) < 4.78 is 5.94. The van der Waals surface area contributed by atoms with E-state index in [9.17, 15) is 9.59 Å². The fourth-order valence-electron chi connectivity index (χ4n) is 4.81. The summed E-state index contributed by atoms with van der Waals surface area (Å²) in [5.74, 6) is -0.679. The van der Waals surface area contributed by atoms with Gasteiger partial charge in [-0.2, -0.15) is 0 Å². The van der Waals surface area contributed by atoms with Crippen molar-refractivity contribution in [3.05, 3.63) is 12.2 Å². The summed E-state index contributed by atoms with van der Waals surface area (Å²) in [7, 11) is 0. The number of rotatable bonds is 29. The maximum Gasteiger partial charge on any atom is 0.306 e. The molecule has 1 N–H and O–H groups in total. The fraction of sp³-hybridized carbons (Fsp3) is 0.879. The average Bonchev–Trinajstić information content (AvgIpc) is 2.87. The van der Waals surface area contributed by atoms with Crippen LogP contribution in [0.3, 0.4) is 0 Å². The summed E-state index contributed by atoms with van der Waals surface area (Å²) in [5.41, 5.74) is 0. The topological polar surface area (TPSA) is 63.6 Å². The van der Waals surface area contributed by atoms with Crippen LogP contribution in [0, 0.1) is 0 Å². The van der Waals surface area contributed by atoms with Gasteiger partial charge in [-0.05, 0) is 57.8 Å². The van der Waals surface area contributed by atoms with Gasteiger partial charge in [0.15, 0.2) is 0 Å². The third-order valence-corrected chi connectivity index (χ3v) is 7.24. The Bertz CT molecular complexity index is 528. The highest BCUT2D eigenvalue weighted by Gasteiger charge is 2.14. The minimum Gasteiger partial charge on any atom is -0.481 e. The number of ether oxygens (including phenoxy) is 1. The van der Waals surface area contributed by atoms with Crippen LogP contribution in [0.4, 0.5) is 0 Å². The first-order valence-electron chi connectivity index (χ1n) is 16.2. The number of hydrogen-bond acceptors (Lipinski definition) is 3. The van der Waals surface area contributed by atoms with E-state index in [4.69, 9.17) is 9.84 Å². The molecule has 0 aliphatic carbocycles. The zero-order chi connectivity index (χ0) is 27.2. The van der Waals surface area contributed by atoms with Gasteiger partial charge in [-0.15, -0.1) is 0 Å². The maximum atomic E-state index is 12.5. The lowest BCUT2D eigenvalue weighted by Crippen LogP contribution is -2.18. The van der Waals surface area contributed by atoms with E-state index in [-0.39, 0.29) is 12.1 Å². The van der Waals surface area contributed by atoms with Gasteiger partial charge in [-0.1, -0.05) is 122 Å². The summed E-state index contributed by atoms with van der Waals surface area (Å²) in [6.45, 7) is 4.48. The Morgan fingerprint density at radius 2 is 1.00 bits per heavy atom. The summed E-state index contributed by atoms with van der Waals surface area (Å²) in [6.07, 6.45) is 33.7. The Morgan fingerprint density at radius 1 is 0.568 bits per heavy atom. The van der Waals surface area contributed by atoms with Gasteiger partial charge in [0.1, 0.15) is 6.10 Å². The largest absolute Gasteiger partial charge is 0.481 e. The molecule has 0 aliphatic rings. The Morgan fingerprint density at radius 3 is 1.54 bits per heavy atom. The molecule has 0 fully saturated rings. The third-order valence-electron chi connectivity index (χ3n) is 7.24. The van der Waals surface area contributed by atoms with E-state index in [1.807, 2.05) is 0 Å². The van der Waals surface area contributed by atoms with Crippen LogP contribution < -0.4 is 0 Å². The first kappa shape index (κ1) is 35.7. The van der Waals surface area contributed by atoms with Crippen LogP contribution in [0.25, 0.3) is 0 Å². The highest BCUT2D eigenvalue weighted by atomic mass is 16.5. The molecule has 0 aromatic heterocycles. The van der Waals surface area contributed by atoms with Crippen molar-refractivity contribution >= 4 is 11.9 Å². The van der Waals surface area contributed by atoms with E-state index < -0.39 is 5.97 Å². The molecular formula is C33H62O4.